The van der Waals surface area contributed by atoms with E-state index in [2.05, 4.69) is 11.4 Å². The van der Waals surface area contributed by atoms with E-state index in [4.69, 9.17) is 5.73 Å². The molecule has 2 aromatic carbocycles. The summed E-state index contributed by atoms with van der Waals surface area (Å²) in [5.74, 6) is -0.326. The Bertz CT molecular complexity index is 553. The summed E-state index contributed by atoms with van der Waals surface area (Å²) in [7, 11) is 0. The second-order valence-electron chi connectivity index (χ2n) is 3.52. The summed E-state index contributed by atoms with van der Waals surface area (Å²) >= 11 is 0. The largest absolute Gasteiger partial charge is 0.506 e. The number of amides is 1. The number of benzene rings is 2. The average molecular weight is 227 g/mol. The van der Waals surface area contributed by atoms with Crippen LogP contribution >= 0.6 is 0 Å². The van der Waals surface area contributed by atoms with Gasteiger partial charge in [0, 0.05) is 11.3 Å². The normalized spacial score (nSPS) is 9.88. The molecule has 85 valence electrons. The quantitative estimate of drug-likeness (QED) is 0.542. The number of anilines is 2. The van der Waals surface area contributed by atoms with Gasteiger partial charge in [0.05, 0.1) is 5.69 Å². The molecule has 4 nitrogen and oxygen atoms in total. The van der Waals surface area contributed by atoms with E-state index in [0.717, 1.165) is 0 Å². The van der Waals surface area contributed by atoms with Gasteiger partial charge in [0.15, 0.2) is 0 Å². The molecule has 4 N–H and O–H groups in total. The Morgan fingerprint density at radius 3 is 2.88 bits per heavy atom. The fraction of sp³-hybridized carbons (Fsp3) is 0. The van der Waals surface area contributed by atoms with Crippen molar-refractivity contribution >= 4 is 17.3 Å². The van der Waals surface area contributed by atoms with Gasteiger partial charge in [-0.3, -0.25) is 4.79 Å². The van der Waals surface area contributed by atoms with Crippen molar-refractivity contribution in [3.8, 4) is 5.75 Å². The number of carbonyl (C=O) groups is 1. The minimum atomic E-state index is -0.327. The van der Waals surface area contributed by atoms with Gasteiger partial charge in [0.2, 0.25) is 0 Å². The first-order valence-electron chi connectivity index (χ1n) is 5.03. The predicted molar refractivity (Wildman–Crippen MR) is 65.8 cm³/mol. The molecule has 0 atom stereocenters. The number of nitrogens with two attached hydrogens (primary N) is 1. The Morgan fingerprint density at radius 1 is 1.35 bits per heavy atom. The summed E-state index contributed by atoms with van der Waals surface area (Å²) in [6.07, 6.45) is 0. The number of phenolic OH excluding ortho intramolecular Hbond substituents is 1. The van der Waals surface area contributed by atoms with Gasteiger partial charge in [-0.25, -0.2) is 0 Å². The molecule has 0 unspecified atom stereocenters. The van der Waals surface area contributed by atoms with Gasteiger partial charge in [-0.05, 0) is 36.4 Å². The van der Waals surface area contributed by atoms with Gasteiger partial charge in [-0.1, -0.05) is 12.1 Å². The van der Waals surface area contributed by atoms with Crippen LogP contribution in [0.2, 0.25) is 0 Å². The molecule has 0 heterocycles. The average Bonchev–Trinajstić information content (AvgIpc) is 2.32. The molecular weight excluding hydrogens is 216 g/mol. The molecule has 17 heavy (non-hydrogen) atoms. The van der Waals surface area contributed by atoms with Crippen LogP contribution in [0.1, 0.15) is 10.4 Å². The molecule has 0 aliphatic carbocycles. The molecule has 0 bridgehead atoms. The number of phenols is 1. The van der Waals surface area contributed by atoms with Crippen LogP contribution in [0.15, 0.2) is 42.5 Å². The Labute approximate surface area is 98.7 Å². The highest BCUT2D eigenvalue weighted by Gasteiger charge is 2.08. The van der Waals surface area contributed by atoms with Crippen LogP contribution in [-0.4, -0.2) is 11.0 Å². The Hall–Kier alpha value is -2.49. The molecule has 0 aromatic heterocycles. The van der Waals surface area contributed by atoms with Crippen LogP contribution in [0.25, 0.3) is 0 Å². The second kappa shape index (κ2) is 4.57. The van der Waals surface area contributed by atoms with Crippen molar-refractivity contribution in [1.29, 1.82) is 0 Å². The smallest absolute Gasteiger partial charge is 0.255 e. The number of rotatable bonds is 2. The third-order valence-corrected chi connectivity index (χ3v) is 2.24. The van der Waals surface area contributed by atoms with Gasteiger partial charge < -0.3 is 16.2 Å². The number of carbonyl (C=O) groups excluding carboxylic acids is 1. The van der Waals surface area contributed by atoms with E-state index in [9.17, 15) is 9.90 Å². The van der Waals surface area contributed by atoms with Crippen molar-refractivity contribution in [1.82, 2.24) is 0 Å². The Balaban J connectivity index is 2.20. The van der Waals surface area contributed by atoms with Crippen molar-refractivity contribution < 1.29 is 9.90 Å². The molecule has 2 aromatic rings. The summed E-state index contributed by atoms with van der Waals surface area (Å²) < 4.78 is 0. The molecule has 0 fully saturated rings. The van der Waals surface area contributed by atoms with Gasteiger partial charge in [0.1, 0.15) is 5.75 Å². The molecule has 0 aliphatic rings. The van der Waals surface area contributed by atoms with Crippen molar-refractivity contribution in [2.24, 2.45) is 0 Å². The standard InChI is InChI=1S/C13H11N2O2/c14-10-5-3-4-9(8-10)13(17)15-11-6-1-2-7-12(11)16/h2-8,16H,14H2,(H,15,17). The van der Waals surface area contributed by atoms with Crippen LogP contribution in [0.4, 0.5) is 11.4 Å². The summed E-state index contributed by atoms with van der Waals surface area (Å²) in [6, 6.07) is 13.9. The lowest BCUT2D eigenvalue weighted by Gasteiger charge is -2.07. The minimum Gasteiger partial charge on any atom is -0.506 e. The maximum Gasteiger partial charge on any atom is 0.255 e. The van der Waals surface area contributed by atoms with Crippen molar-refractivity contribution in [2.45, 2.75) is 0 Å². The Kier molecular flexibility index (Phi) is 2.96. The third kappa shape index (κ3) is 2.55. The van der Waals surface area contributed by atoms with E-state index >= 15 is 0 Å². The highest BCUT2D eigenvalue weighted by Crippen LogP contribution is 2.22. The van der Waals surface area contributed by atoms with Crippen LogP contribution in [0, 0.1) is 6.07 Å². The summed E-state index contributed by atoms with van der Waals surface area (Å²) in [5, 5.41) is 12.1. The first-order chi connectivity index (χ1) is 8.16. The Morgan fingerprint density at radius 2 is 2.18 bits per heavy atom. The van der Waals surface area contributed by atoms with Gasteiger partial charge in [-0.2, -0.15) is 0 Å². The van der Waals surface area contributed by atoms with Gasteiger partial charge >= 0.3 is 0 Å². The highest BCUT2D eigenvalue weighted by atomic mass is 16.3. The van der Waals surface area contributed by atoms with E-state index < -0.39 is 0 Å². The van der Waals surface area contributed by atoms with Crippen LogP contribution in [0.5, 0.6) is 5.75 Å². The summed E-state index contributed by atoms with van der Waals surface area (Å²) in [6.45, 7) is 0. The highest BCUT2D eigenvalue weighted by molar-refractivity contribution is 6.05. The minimum absolute atomic E-state index is 0.000929. The van der Waals surface area contributed by atoms with Gasteiger partial charge in [-0.15, -0.1) is 0 Å². The number of nitrogens with one attached hydrogen (secondary N) is 1. The summed E-state index contributed by atoms with van der Waals surface area (Å²) in [5.41, 5.74) is 6.86. The third-order valence-electron chi connectivity index (χ3n) is 2.24. The maximum absolute atomic E-state index is 11.8. The van der Waals surface area contributed by atoms with Crippen LogP contribution in [0.3, 0.4) is 0 Å². The SMILES string of the molecule is Nc1cccc(C(=O)Nc2c[c]ccc2O)c1. The number of hydrogen-bond donors (Lipinski definition) is 3. The van der Waals surface area contributed by atoms with E-state index in [-0.39, 0.29) is 11.7 Å². The molecule has 1 amide bonds. The maximum atomic E-state index is 11.8. The fourth-order valence-electron chi connectivity index (χ4n) is 1.40. The molecule has 0 saturated carbocycles. The molecule has 2 rings (SSSR count). The molecule has 0 spiro atoms. The van der Waals surface area contributed by atoms with E-state index in [1.54, 1.807) is 30.3 Å². The molecular formula is C13H11N2O2. The molecule has 0 aliphatic heterocycles. The van der Waals surface area contributed by atoms with Crippen LogP contribution < -0.4 is 11.1 Å². The lowest BCUT2D eigenvalue weighted by molar-refractivity contribution is 0.102. The number of hydrogen-bond acceptors (Lipinski definition) is 3. The van der Waals surface area contributed by atoms with Crippen molar-refractivity contribution in [2.75, 3.05) is 11.1 Å². The molecule has 1 radical (unpaired) electrons. The summed E-state index contributed by atoms with van der Waals surface area (Å²) in [4.78, 5) is 11.8. The first kappa shape index (κ1) is 11.0. The zero-order valence-corrected chi connectivity index (χ0v) is 8.97. The predicted octanol–water partition coefficient (Wildman–Crippen LogP) is 2.03. The zero-order chi connectivity index (χ0) is 12.3. The number of nitrogen functional groups attached to an aromatic ring is 1. The monoisotopic (exact) mass is 227 g/mol. The van der Waals surface area contributed by atoms with Crippen molar-refractivity contribution in [3.63, 3.8) is 0 Å². The topological polar surface area (TPSA) is 75.4 Å². The van der Waals surface area contributed by atoms with E-state index in [1.807, 2.05) is 0 Å². The fourth-order valence-corrected chi connectivity index (χ4v) is 1.40. The molecule has 0 saturated heterocycles. The zero-order valence-electron chi connectivity index (χ0n) is 8.97. The van der Waals surface area contributed by atoms with E-state index in [1.165, 1.54) is 12.1 Å². The van der Waals surface area contributed by atoms with Crippen LogP contribution in [-0.2, 0) is 0 Å². The van der Waals surface area contributed by atoms with E-state index in [0.29, 0.717) is 16.9 Å². The first-order valence-corrected chi connectivity index (χ1v) is 5.03. The lowest BCUT2D eigenvalue weighted by atomic mass is 10.2. The number of aromatic hydroxyl groups is 1. The van der Waals surface area contributed by atoms with Crippen molar-refractivity contribution in [3.05, 3.63) is 54.1 Å². The molecule has 4 heteroatoms. The second-order valence-corrected chi connectivity index (χ2v) is 3.52. The lowest BCUT2D eigenvalue weighted by Crippen LogP contribution is -2.12. The van der Waals surface area contributed by atoms with Gasteiger partial charge in [0.25, 0.3) is 5.91 Å².